The predicted octanol–water partition coefficient (Wildman–Crippen LogP) is 2.60. The molecule has 5 heteroatoms. The zero-order valence-electron chi connectivity index (χ0n) is 14.3. The number of phenolic OH excluding ortho intramolecular Hbond substituents is 1. The first-order chi connectivity index (χ1) is 11.6. The van der Waals surface area contributed by atoms with Gasteiger partial charge in [0.05, 0.1) is 5.92 Å². The van der Waals surface area contributed by atoms with Gasteiger partial charge in [-0.2, -0.15) is 0 Å². The molecule has 0 saturated carbocycles. The van der Waals surface area contributed by atoms with E-state index < -0.39 is 5.72 Å². The van der Waals surface area contributed by atoms with Crippen LogP contribution in [0.3, 0.4) is 0 Å². The molecule has 24 heavy (non-hydrogen) atoms. The van der Waals surface area contributed by atoms with Crippen LogP contribution in [0.1, 0.15) is 50.5 Å². The number of hydrogen-bond donors (Lipinski definition) is 2. The molecule has 4 rings (SSSR count). The number of nitrogens with zero attached hydrogens (tertiary/aromatic N) is 1. The highest BCUT2D eigenvalue weighted by Gasteiger charge is 2.58. The van der Waals surface area contributed by atoms with Gasteiger partial charge in [0, 0.05) is 25.2 Å². The maximum atomic E-state index is 13.2. The van der Waals surface area contributed by atoms with Crippen LogP contribution in [0.5, 0.6) is 11.5 Å². The fraction of sp³-hybridized carbons (Fsp3) is 0.632. The van der Waals surface area contributed by atoms with Gasteiger partial charge in [0.15, 0.2) is 0 Å². The van der Waals surface area contributed by atoms with Crippen molar-refractivity contribution in [3.05, 3.63) is 23.8 Å². The van der Waals surface area contributed by atoms with Gasteiger partial charge in [-0.15, -0.1) is 0 Å². The largest absolute Gasteiger partial charge is 0.508 e. The molecule has 0 aliphatic carbocycles. The van der Waals surface area contributed by atoms with Gasteiger partial charge in [0.25, 0.3) is 5.91 Å². The van der Waals surface area contributed by atoms with Gasteiger partial charge in [0.1, 0.15) is 11.5 Å². The summed E-state index contributed by atoms with van der Waals surface area (Å²) < 4.78 is 6.38. The van der Waals surface area contributed by atoms with E-state index in [9.17, 15) is 9.90 Å². The third-order valence-corrected chi connectivity index (χ3v) is 5.82. The first-order valence-electron chi connectivity index (χ1n) is 9.16. The summed E-state index contributed by atoms with van der Waals surface area (Å²) >= 11 is 0. The smallest absolute Gasteiger partial charge is 0.280 e. The first-order valence-corrected chi connectivity index (χ1v) is 9.16. The Balaban J connectivity index is 1.80. The number of benzene rings is 1. The van der Waals surface area contributed by atoms with E-state index in [1.165, 1.54) is 6.42 Å². The average molecular weight is 330 g/mol. The zero-order valence-corrected chi connectivity index (χ0v) is 14.3. The van der Waals surface area contributed by atoms with E-state index in [4.69, 9.17) is 4.74 Å². The zero-order chi connectivity index (χ0) is 16.7. The minimum atomic E-state index is -0.948. The Labute approximate surface area is 143 Å². The van der Waals surface area contributed by atoms with E-state index in [2.05, 4.69) is 17.1 Å². The number of likely N-dealkylation sites (tertiary alicyclic amines) is 1. The van der Waals surface area contributed by atoms with Gasteiger partial charge >= 0.3 is 0 Å². The molecule has 1 amide bonds. The summed E-state index contributed by atoms with van der Waals surface area (Å²) in [6, 6.07) is 5.23. The molecule has 2 fully saturated rings. The second kappa shape index (κ2) is 5.96. The Kier molecular flexibility index (Phi) is 3.91. The maximum Gasteiger partial charge on any atom is 0.280 e. The van der Waals surface area contributed by atoms with Gasteiger partial charge in [-0.3, -0.25) is 9.69 Å². The summed E-state index contributed by atoms with van der Waals surface area (Å²) in [5.41, 5.74) is 0.0290. The Morgan fingerprint density at radius 1 is 1.25 bits per heavy atom. The summed E-state index contributed by atoms with van der Waals surface area (Å²) in [5, 5.41) is 13.1. The molecular weight excluding hydrogens is 304 g/mol. The maximum absolute atomic E-state index is 13.2. The van der Waals surface area contributed by atoms with Crippen LogP contribution in [0.25, 0.3) is 0 Å². The third-order valence-electron chi connectivity index (χ3n) is 5.82. The molecule has 2 unspecified atom stereocenters. The summed E-state index contributed by atoms with van der Waals surface area (Å²) in [4.78, 5) is 15.5. The molecule has 0 bridgehead atoms. The molecule has 3 aliphatic heterocycles. The van der Waals surface area contributed by atoms with Crippen molar-refractivity contribution in [2.45, 2.75) is 50.7 Å². The van der Waals surface area contributed by atoms with Crippen LogP contribution in [0.4, 0.5) is 0 Å². The topological polar surface area (TPSA) is 61.8 Å². The summed E-state index contributed by atoms with van der Waals surface area (Å²) in [6.45, 7) is 4.65. The number of piperidine rings is 1. The lowest BCUT2D eigenvalue weighted by molar-refractivity contribution is -0.162. The molecule has 3 aliphatic rings. The fourth-order valence-electron chi connectivity index (χ4n) is 4.51. The monoisotopic (exact) mass is 330 g/mol. The first kappa shape index (κ1) is 15.8. The standard InChI is InChI=1S/C19H26N2O3/c1-13-5-7-16-15-11-14(22)6-8-17(15)24-19(16,18(23)20-12-13)21-9-3-2-4-10-21/h6,8,11,13,16,22H,2-5,7,9-10,12H2,1H3,(H,20,23)/t13?,16-,19?/m0/s1. The molecule has 5 nitrogen and oxygen atoms in total. The van der Waals surface area contributed by atoms with Crippen LogP contribution in [0.15, 0.2) is 18.2 Å². The number of nitrogens with one attached hydrogen (secondary N) is 1. The van der Waals surface area contributed by atoms with Gasteiger partial charge in [-0.1, -0.05) is 13.3 Å². The third kappa shape index (κ3) is 2.37. The lowest BCUT2D eigenvalue weighted by Crippen LogP contribution is -2.65. The molecule has 0 radical (unpaired) electrons. The summed E-state index contributed by atoms with van der Waals surface area (Å²) in [7, 11) is 0. The number of phenols is 1. The van der Waals surface area contributed by atoms with Crippen molar-refractivity contribution in [1.82, 2.24) is 10.2 Å². The second-order valence-corrected chi connectivity index (χ2v) is 7.51. The number of hydrogen-bond acceptors (Lipinski definition) is 4. The van der Waals surface area contributed by atoms with Crippen LogP contribution in [-0.4, -0.2) is 41.3 Å². The van der Waals surface area contributed by atoms with Crippen molar-refractivity contribution in [3.63, 3.8) is 0 Å². The highest BCUT2D eigenvalue weighted by molar-refractivity contribution is 5.88. The molecule has 1 aromatic rings. The van der Waals surface area contributed by atoms with Crippen LogP contribution in [-0.2, 0) is 4.79 Å². The highest BCUT2D eigenvalue weighted by Crippen LogP contribution is 2.51. The van der Waals surface area contributed by atoms with E-state index in [1.807, 2.05) is 0 Å². The minimum Gasteiger partial charge on any atom is -0.508 e. The van der Waals surface area contributed by atoms with Crippen molar-refractivity contribution in [2.24, 2.45) is 5.92 Å². The molecule has 0 aromatic heterocycles. The van der Waals surface area contributed by atoms with Crippen LogP contribution in [0.2, 0.25) is 0 Å². The molecule has 3 heterocycles. The van der Waals surface area contributed by atoms with Gasteiger partial charge in [0.2, 0.25) is 5.72 Å². The summed E-state index contributed by atoms with van der Waals surface area (Å²) in [5.74, 6) is 1.39. The van der Waals surface area contributed by atoms with Crippen molar-refractivity contribution in [2.75, 3.05) is 19.6 Å². The second-order valence-electron chi connectivity index (χ2n) is 7.51. The Morgan fingerprint density at radius 3 is 2.83 bits per heavy atom. The van der Waals surface area contributed by atoms with E-state index in [1.54, 1.807) is 18.2 Å². The quantitative estimate of drug-likeness (QED) is 0.831. The number of amides is 1. The fourth-order valence-corrected chi connectivity index (χ4v) is 4.51. The predicted molar refractivity (Wildman–Crippen MR) is 91.0 cm³/mol. The average Bonchev–Trinajstić information content (AvgIpc) is 2.91. The molecule has 2 N–H and O–H groups in total. The molecule has 0 spiro atoms. The lowest BCUT2D eigenvalue weighted by Gasteiger charge is -2.45. The van der Waals surface area contributed by atoms with E-state index in [-0.39, 0.29) is 17.6 Å². The Morgan fingerprint density at radius 2 is 2.04 bits per heavy atom. The van der Waals surface area contributed by atoms with Crippen LogP contribution < -0.4 is 10.1 Å². The normalized spacial score (nSPS) is 33.6. The van der Waals surface area contributed by atoms with Crippen LogP contribution in [0, 0.1) is 5.92 Å². The molecule has 130 valence electrons. The van der Waals surface area contributed by atoms with Crippen molar-refractivity contribution in [3.8, 4) is 11.5 Å². The van der Waals surface area contributed by atoms with E-state index in [0.717, 1.165) is 50.1 Å². The molecule has 1 aromatic carbocycles. The van der Waals surface area contributed by atoms with Crippen LogP contribution >= 0.6 is 0 Å². The van der Waals surface area contributed by atoms with Crippen molar-refractivity contribution >= 4 is 5.91 Å². The number of ether oxygens (including phenoxy) is 1. The van der Waals surface area contributed by atoms with Gasteiger partial charge in [-0.05, 0) is 49.8 Å². The van der Waals surface area contributed by atoms with E-state index in [0.29, 0.717) is 12.5 Å². The number of carbonyl (C=O) groups is 1. The summed E-state index contributed by atoms with van der Waals surface area (Å²) in [6.07, 6.45) is 5.36. The highest BCUT2D eigenvalue weighted by atomic mass is 16.5. The molecule has 2 saturated heterocycles. The number of aromatic hydroxyl groups is 1. The Hall–Kier alpha value is -1.75. The molecule has 3 atom stereocenters. The van der Waals surface area contributed by atoms with E-state index >= 15 is 0 Å². The number of rotatable bonds is 1. The number of fused-ring (bicyclic) bond motifs is 3. The van der Waals surface area contributed by atoms with Gasteiger partial charge in [-0.25, -0.2) is 0 Å². The minimum absolute atomic E-state index is 0.0170. The number of carbonyl (C=O) groups excluding carboxylic acids is 1. The Bertz CT molecular complexity index is 641. The van der Waals surface area contributed by atoms with Crippen molar-refractivity contribution < 1.29 is 14.6 Å². The SMILES string of the molecule is CC1CC[C@H]2c3cc(O)ccc3OC2(N2CCCCC2)C(=O)NC1. The molecular formula is C19H26N2O3. The van der Waals surface area contributed by atoms with Gasteiger partial charge < -0.3 is 15.2 Å². The lowest BCUT2D eigenvalue weighted by atomic mass is 9.80. The van der Waals surface area contributed by atoms with Crippen molar-refractivity contribution in [1.29, 1.82) is 0 Å².